The van der Waals surface area contributed by atoms with Crippen LogP contribution in [-0.2, 0) is 10.0 Å². The fourth-order valence-corrected chi connectivity index (χ4v) is 3.79. The van der Waals surface area contributed by atoms with Crippen LogP contribution in [0.5, 0.6) is 0 Å². The summed E-state index contributed by atoms with van der Waals surface area (Å²) in [7, 11) is -4.15. The summed E-state index contributed by atoms with van der Waals surface area (Å²) in [5, 5.41) is -0.311. The summed E-state index contributed by atoms with van der Waals surface area (Å²) >= 11 is 11.7. The Labute approximate surface area is 124 Å². The van der Waals surface area contributed by atoms with Gasteiger partial charge in [-0.2, -0.15) is 0 Å². The minimum absolute atomic E-state index is 0.156. The van der Waals surface area contributed by atoms with Crippen molar-refractivity contribution in [2.45, 2.75) is 4.90 Å². The number of nitrogens with zero attached hydrogens (tertiary/aromatic N) is 1. The number of sulfonamides is 1. The molecule has 0 aliphatic heterocycles. The van der Waals surface area contributed by atoms with Crippen LogP contribution in [0.25, 0.3) is 0 Å². The highest BCUT2D eigenvalue weighted by Crippen LogP contribution is 2.33. The molecule has 0 amide bonds. The highest BCUT2D eigenvalue weighted by atomic mass is 35.5. The van der Waals surface area contributed by atoms with E-state index in [-0.39, 0.29) is 26.3 Å². The maximum Gasteiger partial charge on any atom is 0.264 e. The molecule has 20 heavy (non-hydrogen) atoms. The van der Waals surface area contributed by atoms with Gasteiger partial charge in [0.2, 0.25) is 0 Å². The van der Waals surface area contributed by atoms with Crippen LogP contribution in [0.2, 0.25) is 10.0 Å². The Morgan fingerprint density at radius 1 is 1.25 bits per heavy atom. The van der Waals surface area contributed by atoms with Crippen molar-refractivity contribution in [3.63, 3.8) is 0 Å². The van der Waals surface area contributed by atoms with Gasteiger partial charge in [0.15, 0.2) is 5.82 Å². The Bertz CT molecular complexity index is 745. The molecule has 3 N–H and O–H groups in total. The Hall–Kier alpha value is -1.57. The molecule has 1 aromatic carbocycles. The van der Waals surface area contributed by atoms with E-state index in [9.17, 15) is 12.8 Å². The highest BCUT2D eigenvalue weighted by molar-refractivity contribution is 7.93. The average molecular weight is 336 g/mol. The predicted molar refractivity (Wildman–Crippen MR) is 75.9 cm³/mol. The lowest BCUT2D eigenvalue weighted by atomic mass is 10.3. The summed E-state index contributed by atoms with van der Waals surface area (Å²) in [5.41, 5.74) is 5.45. The number of benzene rings is 1. The van der Waals surface area contributed by atoms with Gasteiger partial charge in [-0.05, 0) is 18.2 Å². The van der Waals surface area contributed by atoms with Gasteiger partial charge < -0.3 is 5.73 Å². The largest absolute Gasteiger partial charge is 0.399 e. The van der Waals surface area contributed by atoms with E-state index in [0.29, 0.717) is 0 Å². The Kier molecular flexibility index (Phi) is 4.03. The third kappa shape index (κ3) is 2.95. The second kappa shape index (κ2) is 5.43. The van der Waals surface area contributed by atoms with E-state index in [2.05, 4.69) is 9.71 Å². The van der Waals surface area contributed by atoms with E-state index < -0.39 is 15.8 Å². The van der Waals surface area contributed by atoms with E-state index in [0.717, 1.165) is 6.20 Å². The van der Waals surface area contributed by atoms with E-state index in [4.69, 9.17) is 28.9 Å². The molecular weight excluding hydrogens is 328 g/mol. The fraction of sp³-hybridized carbons (Fsp3) is 0. The monoisotopic (exact) mass is 335 g/mol. The van der Waals surface area contributed by atoms with Crippen molar-refractivity contribution in [3.8, 4) is 0 Å². The minimum Gasteiger partial charge on any atom is -0.399 e. The summed E-state index contributed by atoms with van der Waals surface area (Å²) in [4.78, 5) is 3.15. The first-order valence-electron chi connectivity index (χ1n) is 5.18. The number of anilines is 2. The molecule has 0 aliphatic rings. The van der Waals surface area contributed by atoms with Gasteiger partial charge in [-0.25, -0.2) is 12.8 Å². The number of pyridine rings is 1. The molecule has 0 radical (unpaired) electrons. The second-order valence-corrected chi connectivity index (χ2v) is 6.21. The quantitative estimate of drug-likeness (QED) is 0.844. The van der Waals surface area contributed by atoms with Gasteiger partial charge in [0.1, 0.15) is 4.90 Å². The molecule has 0 bridgehead atoms. The van der Waals surface area contributed by atoms with Gasteiger partial charge in [0, 0.05) is 11.9 Å². The van der Waals surface area contributed by atoms with Crippen molar-refractivity contribution in [2.24, 2.45) is 0 Å². The van der Waals surface area contributed by atoms with Crippen LogP contribution < -0.4 is 10.5 Å². The number of hydrogen-bond donors (Lipinski definition) is 2. The lowest BCUT2D eigenvalue weighted by Gasteiger charge is -2.12. The lowest BCUT2D eigenvalue weighted by molar-refractivity contribution is 0.598. The Morgan fingerprint density at radius 2 is 1.85 bits per heavy atom. The molecule has 0 saturated heterocycles. The number of halogens is 3. The van der Waals surface area contributed by atoms with Crippen molar-refractivity contribution in [3.05, 3.63) is 46.5 Å². The molecule has 0 unspecified atom stereocenters. The third-order valence-corrected chi connectivity index (χ3v) is 4.59. The minimum atomic E-state index is -4.15. The maximum absolute atomic E-state index is 13.4. The molecule has 0 saturated carbocycles. The van der Waals surface area contributed by atoms with Crippen LogP contribution in [-0.4, -0.2) is 13.4 Å². The van der Waals surface area contributed by atoms with Gasteiger partial charge >= 0.3 is 0 Å². The number of nitrogens with one attached hydrogen (secondary N) is 1. The standard InChI is InChI=1S/C11H8Cl2FN3O2S/c12-7-3-6(15)4-8(13)11(7)20(18,19)17-10-1-2-16-5-9(10)14/h1-5H,15H2,(H,16,17). The van der Waals surface area contributed by atoms with E-state index in [1.54, 1.807) is 0 Å². The summed E-state index contributed by atoms with van der Waals surface area (Å²) in [6.45, 7) is 0. The lowest BCUT2D eigenvalue weighted by Crippen LogP contribution is -2.15. The first kappa shape index (κ1) is 14.8. The van der Waals surface area contributed by atoms with E-state index >= 15 is 0 Å². The summed E-state index contributed by atoms with van der Waals surface area (Å²) in [5.74, 6) is -0.821. The summed E-state index contributed by atoms with van der Waals surface area (Å²) in [6.07, 6.45) is 2.12. The van der Waals surface area contributed by atoms with Crippen LogP contribution >= 0.6 is 23.2 Å². The molecule has 2 rings (SSSR count). The molecule has 2 aromatic rings. The summed E-state index contributed by atoms with van der Waals surface area (Å²) in [6, 6.07) is 3.65. The van der Waals surface area contributed by atoms with E-state index in [1.807, 2.05) is 0 Å². The van der Waals surface area contributed by atoms with Crippen LogP contribution in [0.1, 0.15) is 0 Å². The van der Waals surface area contributed by atoms with Crippen LogP contribution in [0.4, 0.5) is 15.8 Å². The number of nitrogens with two attached hydrogens (primary N) is 1. The molecule has 106 valence electrons. The normalized spacial score (nSPS) is 11.3. The molecule has 0 fully saturated rings. The van der Waals surface area contributed by atoms with Gasteiger partial charge in [0.25, 0.3) is 10.0 Å². The molecule has 1 aromatic heterocycles. The molecule has 9 heteroatoms. The first-order chi connectivity index (χ1) is 9.31. The topological polar surface area (TPSA) is 85.1 Å². The Morgan fingerprint density at radius 3 is 2.40 bits per heavy atom. The molecular formula is C11H8Cl2FN3O2S. The van der Waals surface area contributed by atoms with Gasteiger partial charge in [-0.3, -0.25) is 9.71 Å². The van der Waals surface area contributed by atoms with Crippen molar-refractivity contribution in [1.29, 1.82) is 0 Å². The molecule has 0 aliphatic carbocycles. The highest BCUT2D eigenvalue weighted by Gasteiger charge is 2.23. The number of nitrogen functional groups attached to an aromatic ring is 1. The zero-order valence-corrected chi connectivity index (χ0v) is 12.1. The second-order valence-electron chi connectivity index (χ2n) is 3.77. The van der Waals surface area contributed by atoms with Crippen molar-refractivity contribution >= 4 is 44.6 Å². The number of hydrogen-bond acceptors (Lipinski definition) is 4. The SMILES string of the molecule is Nc1cc(Cl)c(S(=O)(=O)Nc2ccncc2F)c(Cl)c1. The fourth-order valence-electron chi connectivity index (χ4n) is 1.49. The summed E-state index contributed by atoms with van der Waals surface area (Å²) < 4.78 is 39.9. The zero-order chi connectivity index (χ0) is 14.9. The smallest absolute Gasteiger partial charge is 0.264 e. The van der Waals surface area contributed by atoms with Crippen molar-refractivity contribution in [2.75, 3.05) is 10.5 Å². The third-order valence-electron chi connectivity index (χ3n) is 2.31. The van der Waals surface area contributed by atoms with Crippen molar-refractivity contribution < 1.29 is 12.8 Å². The van der Waals surface area contributed by atoms with Crippen molar-refractivity contribution in [1.82, 2.24) is 4.98 Å². The molecule has 0 atom stereocenters. The van der Waals surface area contributed by atoms with Crippen LogP contribution in [0, 0.1) is 5.82 Å². The van der Waals surface area contributed by atoms with Gasteiger partial charge in [-0.15, -0.1) is 0 Å². The molecule has 5 nitrogen and oxygen atoms in total. The van der Waals surface area contributed by atoms with E-state index in [1.165, 1.54) is 24.4 Å². The van der Waals surface area contributed by atoms with Gasteiger partial charge in [0.05, 0.1) is 21.9 Å². The number of aromatic nitrogens is 1. The maximum atomic E-state index is 13.4. The first-order valence-corrected chi connectivity index (χ1v) is 7.42. The molecule has 1 heterocycles. The Balaban J connectivity index is 2.50. The zero-order valence-electron chi connectivity index (χ0n) is 9.77. The molecule has 0 spiro atoms. The van der Waals surface area contributed by atoms with Crippen LogP contribution in [0.3, 0.4) is 0 Å². The van der Waals surface area contributed by atoms with Crippen LogP contribution in [0.15, 0.2) is 35.5 Å². The number of rotatable bonds is 3. The van der Waals surface area contributed by atoms with Gasteiger partial charge in [-0.1, -0.05) is 23.2 Å². The average Bonchev–Trinajstić information content (AvgIpc) is 2.30. The predicted octanol–water partition coefficient (Wildman–Crippen LogP) is 2.91.